The summed E-state index contributed by atoms with van der Waals surface area (Å²) in [7, 11) is -1.75. The molecule has 0 heterocycles. The molecule has 0 saturated heterocycles. The molecular weight excluding hydrogens is 276 g/mol. The molecule has 104 valence electrons. The van der Waals surface area contributed by atoms with E-state index >= 15 is 0 Å². The lowest BCUT2D eigenvalue weighted by molar-refractivity contribution is 0.199. The van der Waals surface area contributed by atoms with E-state index in [0.29, 0.717) is 26.2 Å². The summed E-state index contributed by atoms with van der Waals surface area (Å²) in [6, 6.07) is 8.32. The zero-order valence-corrected chi connectivity index (χ0v) is 11.9. The molecule has 1 aromatic rings. The Balaban J connectivity index is 0.00000289. The lowest BCUT2D eigenvalue weighted by atomic mass is 10.4. The van der Waals surface area contributed by atoms with Crippen LogP contribution in [0.1, 0.15) is 0 Å². The maximum Gasteiger partial charge on any atom is 0.240 e. The van der Waals surface area contributed by atoms with Gasteiger partial charge in [0.25, 0.3) is 0 Å². The third-order valence-corrected chi connectivity index (χ3v) is 3.61. The van der Waals surface area contributed by atoms with Gasteiger partial charge >= 0.3 is 0 Å². The fraction of sp³-hybridized carbons (Fsp3) is 0.455. The van der Waals surface area contributed by atoms with Crippen molar-refractivity contribution in [3.8, 4) is 0 Å². The Morgan fingerprint density at radius 3 is 2.39 bits per heavy atom. The van der Waals surface area contributed by atoms with E-state index in [1.54, 1.807) is 37.4 Å². The van der Waals surface area contributed by atoms with E-state index in [2.05, 4.69) is 10.0 Å². The molecule has 0 saturated carbocycles. The van der Waals surface area contributed by atoms with E-state index in [-0.39, 0.29) is 17.3 Å². The minimum absolute atomic E-state index is 0. The fourth-order valence-electron chi connectivity index (χ4n) is 1.26. The van der Waals surface area contributed by atoms with Crippen LogP contribution in [0, 0.1) is 0 Å². The minimum Gasteiger partial charge on any atom is -0.383 e. The van der Waals surface area contributed by atoms with Gasteiger partial charge in [0.05, 0.1) is 11.5 Å². The number of hydrogen-bond donors (Lipinski definition) is 2. The van der Waals surface area contributed by atoms with Crippen LogP contribution in [0.15, 0.2) is 35.2 Å². The summed E-state index contributed by atoms with van der Waals surface area (Å²) >= 11 is 0. The smallest absolute Gasteiger partial charge is 0.240 e. The summed E-state index contributed by atoms with van der Waals surface area (Å²) in [5.74, 6) is 0. The molecule has 0 aliphatic rings. The van der Waals surface area contributed by atoms with Gasteiger partial charge in [-0.2, -0.15) is 0 Å². The molecule has 0 spiro atoms. The number of halogens is 1. The van der Waals surface area contributed by atoms with Crippen LogP contribution in [0.5, 0.6) is 0 Å². The monoisotopic (exact) mass is 294 g/mol. The SMILES string of the molecule is COCCNCCNS(=O)(=O)c1ccccc1.Cl. The van der Waals surface area contributed by atoms with E-state index in [0.717, 1.165) is 0 Å². The van der Waals surface area contributed by atoms with E-state index in [1.165, 1.54) is 0 Å². The van der Waals surface area contributed by atoms with Crippen LogP contribution in [0.2, 0.25) is 0 Å². The molecule has 0 aromatic heterocycles. The van der Waals surface area contributed by atoms with Crippen LogP contribution in [0.4, 0.5) is 0 Å². The topological polar surface area (TPSA) is 67.4 Å². The largest absolute Gasteiger partial charge is 0.383 e. The van der Waals surface area contributed by atoms with Crippen molar-refractivity contribution in [2.75, 3.05) is 33.4 Å². The van der Waals surface area contributed by atoms with Crippen LogP contribution >= 0.6 is 12.4 Å². The second-order valence-corrected chi connectivity index (χ2v) is 5.22. The fourth-order valence-corrected chi connectivity index (χ4v) is 2.31. The van der Waals surface area contributed by atoms with E-state index in [1.807, 2.05) is 0 Å². The molecule has 0 bridgehead atoms. The summed E-state index contributed by atoms with van der Waals surface area (Å²) in [4.78, 5) is 0.289. The Labute approximate surface area is 114 Å². The van der Waals surface area contributed by atoms with Gasteiger partial charge in [0.1, 0.15) is 0 Å². The first-order valence-corrected chi connectivity index (χ1v) is 6.89. The summed E-state index contributed by atoms with van der Waals surface area (Å²) in [5.41, 5.74) is 0. The van der Waals surface area contributed by atoms with Crippen molar-refractivity contribution in [1.29, 1.82) is 0 Å². The van der Waals surface area contributed by atoms with Crippen molar-refractivity contribution >= 4 is 22.4 Å². The molecule has 7 heteroatoms. The standard InChI is InChI=1S/C11H18N2O3S.ClH/c1-16-10-9-12-7-8-13-17(14,15)11-5-3-2-4-6-11;/h2-6,12-13H,7-10H2,1H3;1H. The number of sulfonamides is 1. The minimum atomic E-state index is -3.37. The highest BCUT2D eigenvalue weighted by molar-refractivity contribution is 7.89. The van der Waals surface area contributed by atoms with Gasteiger partial charge in [-0.1, -0.05) is 18.2 Å². The molecule has 1 aromatic carbocycles. The van der Waals surface area contributed by atoms with Crippen molar-refractivity contribution < 1.29 is 13.2 Å². The van der Waals surface area contributed by atoms with Crippen molar-refractivity contribution in [3.63, 3.8) is 0 Å². The Bertz CT molecular complexity index is 412. The lowest BCUT2D eigenvalue weighted by Gasteiger charge is -2.07. The first-order chi connectivity index (χ1) is 8.17. The second-order valence-electron chi connectivity index (χ2n) is 3.45. The molecule has 0 unspecified atom stereocenters. The first-order valence-electron chi connectivity index (χ1n) is 5.41. The molecule has 1 rings (SSSR count). The van der Waals surface area contributed by atoms with E-state index in [4.69, 9.17) is 4.74 Å². The number of ether oxygens (including phenoxy) is 1. The predicted molar refractivity (Wildman–Crippen MR) is 73.6 cm³/mol. The molecule has 5 nitrogen and oxygen atoms in total. The van der Waals surface area contributed by atoms with Crippen LogP contribution in [-0.4, -0.2) is 41.8 Å². The molecule has 0 aliphatic carbocycles. The van der Waals surface area contributed by atoms with Crippen LogP contribution in [-0.2, 0) is 14.8 Å². The summed E-state index contributed by atoms with van der Waals surface area (Å²) in [6.07, 6.45) is 0. The third kappa shape index (κ3) is 6.32. The van der Waals surface area contributed by atoms with Gasteiger partial charge in [0.15, 0.2) is 0 Å². The maximum absolute atomic E-state index is 11.8. The van der Waals surface area contributed by atoms with Gasteiger partial charge in [-0.3, -0.25) is 0 Å². The number of hydrogen-bond acceptors (Lipinski definition) is 4. The number of rotatable bonds is 8. The molecule has 18 heavy (non-hydrogen) atoms. The van der Waals surface area contributed by atoms with Gasteiger partial charge in [0.2, 0.25) is 10.0 Å². The highest BCUT2D eigenvalue weighted by Gasteiger charge is 2.11. The van der Waals surface area contributed by atoms with Gasteiger partial charge in [-0.05, 0) is 12.1 Å². The summed E-state index contributed by atoms with van der Waals surface area (Å²) in [6.45, 7) is 2.27. The Morgan fingerprint density at radius 2 is 1.78 bits per heavy atom. The molecule has 0 fully saturated rings. The first kappa shape index (κ1) is 17.3. The van der Waals surface area contributed by atoms with Crippen molar-refractivity contribution in [2.24, 2.45) is 0 Å². The summed E-state index contributed by atoms with van der Waals surface area (Å²) in [5, 5.41) is 3.06. The van der Waals surface area contributed by atoms with Crippen LogP contribution in [0.3, 0.4) is 0 Å². The summed E-state index contributed by atoms with van der Waals surface area (Å²) < 4.78 is 30.9. The molecule has 0 aliphatic heterocycles. The number of nitrogens with one attached hydrogen (secondary N) is 2. The quantitative estimate of drug-likeness (QED) is 0.690. The molecule has 0 amide bonds. The van der Waals surface area contributed by atoms with Crippen molar-refractivity contribution in [2.45, 2.75) is 4.90 Å². The highest BCUT2D eigenvalue weighted by Crippen LogP contribution is 2.06. The number of benzene rings is 1. The van der Waals surface area contributed by atoms with Crippen molar-refractivity contribution in [3.05, 3.63) is 30.3 Å². The lowest BCUT2D eigenvalue weighted by Crippen LogP contribution is -2.33. The maximum atomic E-state index is 11.8. The third-order valence-electron chi connectivity index (χ3n) is 2.13. The van der Waals surface area contributed by atoms with Gasteiger partial charge in [-0.15, -0.1) is 12.4 Å². The Hall–Kier alpha value is -0.660. The zero-order valence-electron chi connectivity index (χ0n) is 10.3. The Morgan fingerprint density at radius 1 is 1.11 bits per heavy atom. The zero-order chi connectivity index (χ0) is 12.6. The van der Waals surface area contributed by atoms with Gasteiger partial charge < -0.3 is 10.1 Å². The van der Waals surface area contributed by atoms with Crippen LogP contribution < -0.4 is 10.0 Å². The molecular formula is C11H19ClN2O3S. The molecule has 0 radical (unpaired) electrons. The Kier molecular flexibility index (Phi) is 8.95. The van der Waals surface area contributed by atoms with Crippen LogP contribution in [0.25, 0.3) is 0 Å². The average molecular weight is 295 g/mol. The predicted octanol–water partition coefficient (Wildman–Crippen LogP) is 0.623. The van der Waals surface area contributed by atoms with Gasteiger partial charge in [-0.25, -0.2) is 13.1 Å². The van der Waals surface area contributed by atoms with Crippen molar-refractivity contribution in [1.82, 2.24) is 10.0 Å². The number of methoxy groups -OCH3 is 1. The average Bonchev–Trinajstić information content (AvgIpc) is 2.35. The van der Waals surface area contributed by atoms with E-state index in [9.17, 15) is 8.42 Å². The normalized spacial score (nSPS) is 10.9. The second kappa shape index (κ2) is 9.29. The molecule has 0 atom stereocenters. The van der Waals surface area contributed by atoms with Gasteiger partial charge in [0, 0.05) is 26.7 Å². The molecule has 2 N–H and O–H groups in total. The van der Waals surface area contributed by atoms with E-state index < -0.39 is 10.0 Å². The highest BCUT2D eigenvalue weighted by atomic mass is 35.5.